The average molecular weight is 393 g/mol. The smallest absolute Gasteiger partial charge is 0.487 e. The zero-order valence-electron chi connectivity index (χ0n) is 17.1. The largest absolute Gasteiger partial charge is 0.504 e. The highest BCUT2D eigenvalue weighted by Gasteiger charge is 2.49. The SMILES string of the molecule is CCCCCCCC(CC(=S)OCCC)[Si](OCC)(OCC)OCC. The quantitative estimate of drug-likeness (QED) is 0.175. The van der Waals surface area contributed by atoms with Gasteiger partial charge >= 0.3 is 8.80 Å². The van der Waals surface area contributed by atoms with E-state index in [0.29, 0.717) is 37.9 Å². The summed E-state index contributed by atoms with van der Waals surface area (Å²) >= 11 is 5.47. The molecule has 0 N–H and O–H groups in total. The number of unbranched alkanes of at least 4 members (excludes halogenated alkanes) is 4. The van der Waals surface area contributed by atoms with Crippen LogP contribution >= 0.6 is 12.2 Å². The third-order valence-corrected chi connectivity index (χ3v) is 7.92. The first-order valence-corrected chi connectivity index (χ1v) is 12.4. The Morgan fingerprint density at radius 1 is 0.800 bits per heavy atom. The summed E-state index contributed by atoms with van der Waals surface area (Å²) in [6.07, 6.45) is 8.91. The van der Waals surface area contributed by atoms with Crippen molar-refractivity contribution < 1.29 is 18.0 Å². The number of thiocarbonyl (C=S) groups is 1. The number of hydrogen-bond acceptors (Lipinski definition) is 5. The van der Waals surface area contributed by atoms with Crippen molar-refractivity contribution in [3.05, 3.63) is 0 Å². The van der Waals surface area contributed by atoms with Crippen molar-refractivity contribution in [3.63, 3.8) is 0 Å². The van der Waals surface area contributed by atoms with Gasteiger partial charge in [0.25, 0.3) is 0 Å². The third-order valence-electron chi connectivity index (χ3n) is 4.07. The van der Waals surface area contributed by atoms with Crippen molar-refractivity contribution >= 4 is 26.1 Å². The minimum atomic E-state index is -2.76. The molecule has 0 bridgehead atoms. The van der Waals surface area contributed by atoms with Crippen molar-refractivity contribution in [3.8, 4) is 0 Å². The van der Waals surface area contributed by atoms with Gasteiger partial charge in [-0.15, -0.1) is 0 Å². The molecule has 0 spiro atoms. The van der Waals surface area contributed by atoms with Crippen molar-refractivity contribution in [2.45, 2.75) is 91.5 Å². The lowest BCUT2D eigenvalue weighted by Crippen LogP contribution is -2.51. The van der Waals surface area contributed by atoms with Gasteiger partial charge in [0, 0.05) is 31.8 Å². The van der Waals surface area contributed by atoms with Gasteiger partial charge in [0.2, 0.25) is 0 Å². The predicted octanol–water partition coefficient (Wildman–Crippen LogP) is 5.91. The summed E-state index contributed by atoms with van der Waals surface area (Å²) in [6, 6.07) is 0. The van der Waals surface area contributed by atoms with Gasteiger partial charge in [0.1, 0.15) is 0 Å². The Morgan fingerprint density at radius 3 is 1.84 bits per heavy atom. The molecule has 1 atom stereocenters. The molecule has 150 valence electrons. The van der Waals surface area contributed by atoms with Gasteiger partial charge in [0.05, 0.1) is 6.61 Å². The van der Waals surface area contributed by atoms with E-state index in [1.54, 1.807) is 0 Å². The molecule has 0 aromatic rings. The maximum atomic E-state index is 6.14. The van der Waals surface area contributed by atoms with Crippen LogP contribution < -0.4 is 0 Å². The maximum Gasteiger partial charge on any atom is 0.504 e. The summed E-state index contributed by atoms with van der Waals surface area (Å²) in [5.41, 5.74) is 0.179. The van der Waals surface area contributed by atoms with E-state index in [1.165, 1.54) is 25.7 Å². The monoisotopic (exact) mass is 392 g/mol. The second-order valence-electron chi connectivity index (χ2n) is 6.23. The van der Waals surface area contributed by atoms with Crippen LogP contribution in [0.5, 0.6) is 0 Å². The van der Waals surface area contributed by atoms with Crippen LogP contribution in [0, 0.1) is 0 Å². The molecule has 0 aromatic heterocycles. The third kappa shape index (κ3) is 10.7. The van der Waals surface area contributed by atoms with Crippen LogP contribution in [0.3, 0.4) is 0 Å². The van der Waals surface area contributed by atoms with Crippen LogP contribution in [0.15, 0.2) is 0 Å². The van der Waals surface area contributed by atoms with E-state index >= 15 is 0 Å². The molecule has 0 saturated carbocycles. The van der Waals surface area contributed by atoms with Gasteiger partial charge < -0.3 is 18.0 Å². The molecule has 0 rings (SSSR count). The summed E-state index contributed by atoms with van der Waals surface area (Å²) < 4.78 is 24.1. The Labute approximate surface area is 162 Å². The lowest BCUT2D eigenvalue weighted by Gasteiger charge is -2.35. The fraction of sp³-hybridized carbons (Fsp3) is 0.947. The topological polar surface area (TPSA) is 36.9 Å². The van der Waals surface area contributed by atoms with Crippen LogP contribution in [0.2, 0.25) is 5.54 Å². The second-order valence-corrected chi connectivity index (χ2v) is 9.57. The highest BCUT2D eigenvalue weighted by molar-refractivity contribution is 7.80. The van der Waals surface area contributed by atoms with Gasteiger partial charge in [-0.3, -0.25) is 0 Å². The van der Waals surface area contributed by atoms with Crippen LogP contribution in [0.1, 0.15) is 86.0 Å². The van der Waals surface area contributed by atoms with E-state index in [0.717, 1.165) is 19.3 Å². The van der Waals surface area contributed by atoms with Crippen molar-refractivity contribution in [2.24, 2.45) is 0 Å². The Balaban J connectivity index is 5.06. The Bertz CT molecular complexity index is 312. The zero-order valence-corrected chi connectivity index (χ0v) is 18.9. The molecule has 0 aliphatic rings. The van der Waals surface area contributed by atoms with Crippen molar-refractivity contribution in [1.29, 1.82) is 0 Å². The maximum absolute atomic E-state index is 6.14. The van der Waals surface area contributed by atoms with Gasteiger partial charge in [-0.1, -0.05) is 46.0 Å². The molecule has 0 aromatic carbocycles. The van der Waals surface area contributed by atoms with Gasteiger partial charge in [-0.25, -0.2) is 0 Å². The number of rotatable bonds is 17. The van der Waals surface area contributed by atoms with E-state index in [9.17, 15) is 0 Å². The van der Waals surface area contributed by atoms with E-state index in [-0.39, 0.29) is 5.54 Å². The summed E-state index contributed by atoms with van der Waals surface area (Å²) in [5, 5.41) is 0.663. The van der Waals surface area contributed by atoms with Crippen molar-refractivity contribution in [2.75, 3.05) is 26.4 Å². The lowest BCUT2D eigenvalue weighted by atomic mass is 10.1. The number of ether oxygens (including phenoxy) is 1. The van der Waals surface area contributed by atoms with E-state index in [2.05, 4.69) is 13.8 Å². The Hall–Kier alpha value is -0.0131. The molecular weight excluding hydrogens is 352 g/mol. The van der Waals surface area contributed by atoms with Crippen molar-refractivity contribution in [1.82, 2.24) is 0 Å². The minimum Gasteiger partial charge on any atom is -0.487 e. The van der Waals surface area contributed by atoms with E-state index in [4.69, 9.17) is 30.2 Å². The summed E-state index contributed by atoms with van der Waals surface area (Å²) in [4.78, 5) is 0. The average Bonchev–Trinajstić information content (AvgIpc) is 2.59. The normalized spacial score (nSPS) is 13.0. The van der Waals surface area contributed by atoms with E-state index in [1.807, 2.05) is 20.8 Å². The first-order valence-electron chi connectivity index (χ1n) is 10.2. The molecule has 0 saturated heterocycles. The standard InChI is InChI=1S/C19H40O4SSi/c1-6-11-12-13-14-15-18(17-19(24)20-16-7-2)25(21-8-3,22-9-4)23-10-5/h18H,6-17H2,1-5H3. The second kappa shape index (κ2) is 16.2. The summed E-state index contributed by atoms with van der Waals surface area (Å²) in [6.45, 7) is 12.8. The molecule has 4 nitrogen and oxygen atoms in total. The zero-order chi connectivity index (χ0) is 19.0. The molecule has 0 heterocycles. The van der Waals surface area contributed by atoms with Gasteiger partial charge in [0.15, 0.2) is 5.05 Å². The molecule has 0 radical (unpaired) electrons. The highest BCUT2D eigenvalue weighted by atomic mass is 32.1. The molecule has 6 heteroatoms. The van der Waals surface area contributed by atoms with Gasteiger partial charge in [-0.05, 0) is 45.8 Å². The van der Waals surface area contributed by atoms with Crippen LogP contribution in [0.25, 0.3) is 0 Å². The lowest BCUT2D eigenvalue weighted by molar-refractivity contribution is 0.0594. The van der Waals surface area contributed by atoms with Crippen LogP contribution in [-0.2, 0) is 18.0 Å². The minimum absolute atomic E-state index is 0.179. The first kappa shape index (κ1) is 25.0. The Kier molecular flexibility index (Phi) is 16.2. The fourth-order valence-corrected chi connectivity index (χ4v) is 6.55. The van der Waals surface area contributed by atoms with Crippen LogP contribution in [0.4, 0.5) is 0 Å². The highest BCUT2D eigenvalue weighted by Crippen LogP contribution is 2.35. The molecule has 0 aliphatic heterocycles. The summed E-state index contributed by atoms with van der Waals surface area (Å²) in [5.74, 6) is 0. The predicted molar refractivity (Wildman–Crippen MR) is 111 cm³/mol. The fourth-order valence-electron chi connectivity index (χ4n) is 2.96. The van der Waals surface area contributed by atoms with Gasteiger partial charge in [-0.2, -0.15) is 0 Å². The molecule has 0 aliphatic carbocycles. The number of hydrogen-bond donors (Lipinski definition) is 0. The molecule has 25 heavy (non-hydrogen) atoms. The first-order chi connectivity index (χ1) is 12.1. The summed E-state index contributed by atoms with van der Waals surface area (Å²) in [7, 11) is -2.76. The molecular formula is C19H40O4SSi. The molecule has 0 amide bonds. The Morgan fingerprint density at radius 2 is 1.36 bits per heavy atom. The molecule has 1 unspecified atom stereocenters. The van der Waals surface area contributed by atoms with E-state index < -0.39 is 8.80 Å². The van der Waals surface area contributed by atoms with Crippen LogP contribution in [-0.4, -0.2) is 40.3 Å². The molecule has 0 fully saturated rings.